The quantitative estimate of drug-likeness (QED) is 0.0195. The van der Waals surface area contributed by atoms with Gasteiger partial charge >= 0.3 is 5.97 Å². The fraction of sp³-hybridized carbons (Fsp3) is 0.789. The molecule has 1 fully saturated rings. The zero-order valence-electron chi connectivity index (χ0n) is 56.1. The number of carbonyl (C=O) groups is 2. The number of esters is 1. The Labute approximate surface area is 533 Å². The molecule has 87 heavy (non-hydrogen) atoms. The van der Waals surface area contributed by atoms with E-state index in [9.17, 15) is 35.1 Å². The molecule has 0 bridgehead atoms. The summed E-state index contributed by atoms with van der Waals surface area (Å²) in [7, 11) is 0. The summed E-state index contributed by atoms with van der Waals surface area (Å²) < 4.78 is 17.6. The van der Waals surface area contributed by atoms with Gasteiger partial charge in [-0.25, -0.2) is 0 Å². The van der Waals surface area contributed by atoms with Crippen molar-refractivity contribution in [2.45, 2.75) is 372 Å². The van der Waals surface area contributed by atoms with E-state index in [1.54, 1.807) is 6.08 Å². The number of hydrogen-bond donors (Lipinski definition) is 6. The third-order valence-electron chi connectivity index (χ3n) is 16.8. The maximum Gasteiger partial charge on any atom is 0.306 e. The molecule has 1 aliphatic heterocycles. The van der Waals surface area contributed by atoms with Gasteiger partial charge in [0.15, 0.2) is 12.4 Å². The van der Waals surface area contributed by atoms with Crippen molar-refractivity contribution in [3.05, 3.63) is 85.1 Å². The number of aliphatic hydroxyl groups is 5. The average molecular weight is 1220 g/mol. The minimum Gasteiger partial charge on any atom is -0.454 e. The molecule has 504 valence electrons. The summed E-state index contributed by atoms with van der Waals surface area (Å²) in [6, 6.07) is -1.04. The largest absolute Gasteiger partial charge is 0.454 e. The Hall–Kier alpha value is -3.16. The minimum atomic E-state index is -1.65. The first kappa shape index (κ1) is 81.9. The number of aliphatic hydroxyl groups excluding tert-OH is 5. The third kappa shape index (κ3) is 50.2. The molecule has 11 heteroatoms. The van der Waals surface area contributed by atoms with Crippen LogP contribution in [0, 0.1) is 0 Å². The van der Waals surface area contributed by atoms with Gasteiger partial charge in [0.1, 0.15) is 24.4 Å². The van der Waals surface area contributed by atoms with Crippen LogP contribution in [0.15, 0.2) is 85.1 Å². The van der Waals surface area contributed by atoms with E-state index >= 15 is 0 Å². The van der Waals surface area contributed by atoms with E-state index in [1.807, 2.05) is 18.2 Å². The number of nitrogens with one attached hydrogen (secondary N) is 1. The van der Waals surface area contributed by atoms with Crippen LogP contribution < -0.4 is 5.32 Å². The summed E-state index contributed by atoms with van der Waals surface area (Å²) in [6.45, 7) is 5.68. The van der Waals surface area contributed by atoms with Gasteiger partial charge in [-0.2, -0.15) is 0 Å². The second-order valence-electron chi connectivity index (χ2n) is 24.9. The summed E-state index contributed by atoms with van der Waals surface area (Å²) in [5.41, 5.74) is 0. The highest BCUT2D eigenvalue weighted by molar-refractivity contribution is 5.80. The van der Waals surface area contributed by atoms with Crippen molar-refractivity contribution < 1.29 is 49.3 Å². The summed E-state index contributed by atoms with van der Waals surface area (Å²) in [5, 5.41) is 57.2. The zero-order chi connectivity index (χ0) is 63.1. The average Bonchev–Trinajstić information content (AvgIpc) is 2.51. The zero-order valence-corrected chi connectivity index (χ0v) is 56.1. The van der Waals surface area contributed by atoms with E-state index in [4.69, 9.17) is 14.2 Å². The predicted octanol–water partition coefficient (Wildman–Crippen LogP) is 18.8. The third-order valence-corrected chi connectivity index (χ3v) is 16.8. The highest BCUT2D eigenvalue weighted by Gasteiger charge is 2.47. The Morgan fingerprint density at radius 1 is 0.460 bits per heavy atom. The molecule has 0 radical (unpaired) electrons. The van der Waals surface area contributed by atoms with E-state index in [2.05, 4.69) is 86.8 Å². The molecule has 0 spiro atoms. The predicted molar refractivity (Wildman–Crippen MR) is 366 cm³/mol. The van der Waals surface area contributed by atoms with Gasteiger partial charge < -0.3 is 45.1 Å². The normalized spacial score (nSPS) is 18.7. The van der Waals surface area contributed by atoms with Crippen LogP contribution in [0.1, 0.15) is 323 Å². The van der Waals surface area contributed by atoms with Crippen molar-refractivity contribution in [1.82, 2.24) is 5.32 Å². The number of ether oxygens (including phenoxy) is 3. The molecule has 0 aromatic rings. The van der Waals surface area contributed by atoms with Crippen LogP contribution in [0.2, 0.25) is 0 Å². The second-order valence-corrected chi connectivity index (χ2v) is 24.9. The molecule has 8 atom stereocenters. The van der Waals surface area contributed by atoms with Crippen LogP contribution in [-0.4, -0.2) is 99.6 Å². The number of rotatable bonds is 62. The minimum absolute atomic E-state index is 0.00347. The summed E-state index contributed by atoms with van der Waals surface area (Å²) >= 11 is 0. The maximum absolute atomic E-state index is 13.5. The lowest BCUT2D eigenvalue weighted by atomic mass is 9.99. The number of unbranched alkanes of at least 4 members (excludes halogenated alkanes) is 36. The SMILES string of the molecule is CC/C=C\C/C=C\C/C=C\C/C=C\C/C=C\C/C=C\CCC(=O)OC1C(OCC(NC(=O)C(O)CCCCCCCCCCCCCCCCCCCCCCCCCCCC)C(O)/C=C/CCCCCCCCCCCCC)OC(CO)C(O)C1O. The van der Waals surface area contributed by atoms with Gasteiger partial charge in [-0.15, -0.1) is 0 Å². The lowest BCUT2D eigenvalue weighted by Gasteiger charge is -2.41. The molecule has 1 rings (SSSR count). The van der Waals surface area contributed by atoms with Crippen molar-refractivity contribution in [1.29, 1.82) is 0 Å². The molecule has 1 saturated heterocycles. The maximum atomic E-state index is 13.5. The van der Waals surface area contributed by atoms with Gasteiger partial charge in [0.2, 0.25) is 5.91 Å². The van der Waals surface area contributed by atoms with Crippen LogP contribution in [0.25, 0.3) is 0 Å². The van der Waals surface area contributed by atoms with Crippen LogP contribution in [0.5, 0.6) is 0 Å². The molecular formula is C76H135NO10. The molecule has 0 aromatic heterocycles. The van der Waals surface area contributed by atoms with Crippen molar-refractivity contribution in [2.24, 2.45) is 0 Å². The van der Waals surface area contributed by atoms with Crippen molar-refractivity contribution in [3.8, 4) is 0 Å². The van der Waals surface area contributed by atoms with Gasteiger partial charge in [-0.3, -0.25) is 9.59 Å². The van der Waals surface area contributed by atoms with Crippen molar-refractivity contribution in [3.63, 3.8) is 0 Å². The molecule has 8 unspecified atom stereocenters. The first-order valence-corrected chi connectivity index (χ1v) is 36.4. The molecule has 1 aliphatic rings. The Morgan fingerprint density at radius 3 is 1.22 bits per heavy atom. The fourth-order valence-corrected chi connectivity index (χ4v) is 11.2. The molecule has 11 nitrogen and oxygen atoms in total. The summed E-state index contributed by atoms with van der Waals surface area (Å²) in [6.07, 6.45) is 73.6. The molecule has 1 amide bonds. The van der Waals surface area contributed by atoms with E-state index in [0.717, 1.165) is 70.6 Å². The van der Waals surface area contributed by atoms with Crippen molar-refractivity contribution in [2.75, 3.05) is 13.2 Å². The van der Waals surface area contributed by atoms with Crippen LogP contribution in [0.3, 0.4) is 0 Å². The topological polar surface area (TPSA) is 175 Å². The summed E-state index contributed by atoms with van der Waals surface area (Å²) in [5.74, 6) is -1.28. The van der Waals surface area contributed by atoms with Crippen LogP contribution in [0.4, 0.5) is 0 Å². The van der Waals surface area contributed by atoms with Gasteiger partial charge in [0, 0.05) is 6.42 Å². The lowest BCUT2D eigenvalue weighted by molar-refractivity contribution is -0.305. The van der Waals surface area contributed by atoms with E-state index in [-0.39, 0.29) is 19.4 Å². The Kier molecular flexibility index (Phi) is 59.3. The smallest absolute Gasteiger partial charge is 0.306 e. The molecule has 1 heterocycles. The summed E-state index contributed by atoms with van der Waals surface area (Å²) in [4.78, 5) is 26.6. The second kappa shape index (κ2) is 63.0. The van der Waals surface area contributed by atoms with Crippen molar-refractivity contribution >= 4 is 11.9 Å². The monoisotopic (exact) mass is 1220 g/mol. The Balaban J connectivity index is 2.59. The number of amides is 1. The van der Waals surface area contributed by atoms with Gasteiger partial charge in [0.25, 0.3) is 0 Å². The fourth-order valence-electron chi connectivity index (χ4n) is 11.2. The first-order valence-electron chi connectivity index (χ1n) is 36.4. The lowest BCUT2D eigenvalue weighted by Crippen LogP contribution is -2.61. The van der Waals surface area contributed by atoms with E-state index < -0.39 is 67.4 Å². The molecule has 6 N–H and O–H groups in total. The van der Waals surface area contributed by atoms with Gasteiger partial charge in [-0.1, -0.05) is 337 Å². The molecule has 0 aliphatic carbocycles. The van der Waals surface area contributed by atoms with E-state index in [0.29, 0.717) is 19.3 Å². The number of hydrogen-bond acceptors (Lipinski definition) is 10. The highest BCUT2D eigenvalue weighted by Crippen LogP contribution is 2.26. The van der Waals surface area contributed by atoms with Gasteiger partial charge in [0.05, 0.1) is 25.4 Å². The Bertz CT molecular complexity index is 1740. The van der Waals surface area contributed by atoms with Crippen LogP contribution in [-0.2, 0) is 23.8 Å². The molecule has 0 aromatic carbocycles. The molecule has 0 saturated carbocycles. The number of carbonyl (C=O) groups excluding carboxylic acids is 2. The van der Waals surface area contributed by atoms with E-state index in [1.165, 1.54) is 199 Å². The first-order chi connectivity index (χ1) is 42.7. The highest BCUT2D eigenvalue weighted by atomic mass is 16.7. The molecular weight excluding hydrogens is 1090 g/mol. The standard InChI is InChI=1S/C76H135NO10/c1-4-7-10-13-16-19-22-25-27-29-31-32-33-34-35-36-37-39-40-42-45-48-51-54-57-60-63-69(80)75(84)77-67(68(79)62-59-56-53-50-47-44-24-21-18-15-12-9-6-3)66-85-76-74(73(83)72(82)70(65-78)86-76)87-71(81)64-61-58-55-52-49-46-43-41-38-30-28-26-23-20-17-14-11-8-5-2/h8,11,17,20,26,28,38,41,46,49,55,58-59,62,67-70,72-74,76,78-80,82-83H,4-7,9-10,12-16,18-19,21-25,27,29-37,39-40,42-45,47-48,50-54,56-57,60-61,63-66H2,1-3H3,(H,77,84)/b11-8-,20-17-,28-26-,41-38-,49-46-,58-55-,62-59+. The van der Waals surface area contributed by atoms with Crippen LogP contribution >= 0.6 is 0 Å². The van der Waals surface area contributed by atoms with Gasteiger partial charge in [-0.05, 0) is 64.2 Å². The Morgan fingerprint density at radius 2 is 0.828 bits per heavy atom. The number of allylic oxidation sites excluding steroid dienone is 13.